The summed E-state index contributed by atoms with van der Waals surface area (Å²) >= 11 is 0. The lowest BCUT2D eigenvalue weighted by Crippen LogP contribution is -2.41. The Labute approximate surface area is 203 Å². The molecule has 4 heterocycles. The Morgan fingerprint density at radius 3 is 2.77 bits per heavy atom. The number of aliphatic hydroxyl groups excluding tert-OH is 1. The number of fused-ring (bicyclic) bond motifs is 1. The highest BCUT2D eigenvalue weighted by Crippen LogP contribution is 2.44. The number of rotatable bonds is 5. The fourth-order valence-electron chi connectivity index (χ4n) is 5.23. The summed E-state index contributed by atoms with van der Waals surface area (Å²) in [5, 5.41) is 26.5. The Morgan fingerprint density at radius 1 is 1.34 bits per heavy atom. The molecule has 0 saturated carbocycles. The number of nitrogens with zero attached hydrogens (tertiary/aromatic N) is 2. The van der Waals surface area contributed by atoms with Crippen LogP contribution in [0.4, 0.5) is 11.4 Å². The first-order valence-corrected chi connectivity index (χ1v) is 11.8. The van der Waals surface area contributed by atoms with Gasteiger partial charge in [0.25, 0.3) is 5.91 Å². The number of nitrogens with one attached hydrogen (secondary N) is 4. The number of aliphatic imine (C=N–C) groups is 1. The van der Waals surface area contributed by atoms with Crippen molar-refractivity contribution in [1.82, 2.24) is 10.6 Å². The van der Waals surface area contributed by atoms with E-state index in [-0.39, 0.29) is 23.5 Å². The number of allylic oxidation sites excluding steroid dienone is 1. The highest BCUT2D eigenvalue weighted by Gasteiger charge is 2.42. The van der Waals surface area contributed by atoms with Gasteiger partial charge < -0.3 is 36.1 Å². The predicted molar refractivity (Wildman–Crippen MR) is 133 cm³/mol. The van der Waals surface area contributed by atoms with Crippen LogP contribution in [-0.2, 0) is 16.0 Å². The number of carbonyl (C=O) groups is 2. The molecule has 0 bridgehead atoms. The first kappa shape index (κ1) is 23.1. The molecule has 1 atom stereocenters. The third kappa shape index (κ3) is 4.41. The first-order chi connectivity index (χ1) is 16.8. The molecule has 0 radical (unpaired) electrons. The Morgan fingerprint density at radius 2 is 2.14 bits per heavy atom. The Bertz CT molecular complexity index is 1160. The molecule has 2 amide bonds. The van der Waals surface area contributed by atoms with Crippen LogP contribution in [0.25, 0.3) is 0 Å². The van der Waals surface area contributed by atoms with Gasteiger partial charge in [0.15, 0.2) is 0 Å². The number of amides is 2. The molecule has 10 nitrogen and oxygen atoms in total. The molecule has 2 fully saturated rings. The zero-order valence-electron chi connectivity index (χ0n) is 19.7. The van der Waals surface area contributed by atoms with Crippen LogP contribution in [-0.4, -0.2) is 61.2 Å². The quantitative estimate of drug-likeness (QED) is 0.321. The smallest absolute Gasteiger partial charge is 0.261 e. The zero-order chi connectivity index (χ0) is 24.6. The minimum absolute atomic E-state index is 0.00434. The Hall–Kier alpha value is -3.66. The van der Waals surface area contributed by atoms with Crippen molar-refractivity contribution in [3.8, 4) is 5.75 Å². The zero-order valence-corrected chi connectivity index (χ0v) is 19.7. The van der Waals surface area contributed by atoms with Gasteiger partial charge in [0, 0.05) is 62.7 Å². The van der Waals surface area contributed by atoms with Gasteiger partial charge in [0.05, 0.1) is 23.6 Å². The van der Waals surface area contributed by atoms with Gasteiger partial charge in [-0.25, -0.2) is 4.99 Å². The average molecular weight is 479 g/mol. The third-order valence-electron chi connectivity index (χ3n) is 7.29. The fourth-order valence-corrected chi connectivity index (χ4v) is 5.23. The van der Waals surface area contributed by atoms with E-state index in [0.717, 1.165) is 43.4 Å². The van der Waals surface area contributed by atoms with Crippen LogP contribution in [0.1, 0.15) is 31.7 Å². The summed E-state index contributed by atoms with van der Waals surface area (Å²) in [7, 11) is 0. The standard InChI is InChI=1S/C25H30N6O4/c1-24(15-32)11-16-9-18(30-23(34)17(13-26)22-27-5-2-6-28-22)19(10-20(16)35-24)31-7-3-25(4-8-31)12-21(33)29-14-25/h2,5-6,9-10,13,26-27,32H,3-4,7-8,11-12,14-15H2,1H3,(H,29,33)(H,30,34)/b22-17-,26-13?/t24-/m0/s1. The molecular formula is C25H30N6O4. The second-order valence-corrected chi connectivity index (χ2v) is 9.95. The molecule has 4 aliphatic heterocycles. The summed E-state index contributed by atoms with van der Waals surface area (Å²) in [5.74, 6) is 0.666. The van der Waals surface area contributed by atoms with Crippen molar-refractivity contribution in [3.63, 3.8) is 0 Å². The number of carbonyl (C=O) groups excluding carboxylic acids is 2. The second-order valence-electron chi connectivity index (χ2n) is 9.95. The largest absolute Gasteiger partial charge is 0.484 e. The maximum Gasteiger partial charge on any atom is 0.261 e. The topological polar surface area (TPSA) is 139 Å². The van der Waals surface area contributed by atoms with Gasteiger partial charge in [-0.1, -0.05) is 0 Å². The number of anilines is 2. The maximum absolute atomic E-state index is 13.2. The maximum atomic E-state index is 13.2. The van der Waals surface area contributed by atoms with E-state index in [4.69, 9.17) is 10.1 Å². The van der Waals surface area contributed by atoms with Crippen molar-refractivity contribution in [3.05, 3.63) is 41.4 Å². The molecule has 1 aromatic rings. The number of ether oxygens (including phenoxy) is 1. The normalized spacial score (nSPS) is 25.5. The van der Waals surface area contributed by atoms with Crippen LogP contribution in [0.5, 0.6) is 5.75 Å². The second kappa shape index (κ2) is 8.84. The molecule has 5 rings (SSSR count). The summed E-state index contributed by atoms with van der Waals surface area (Å²) in [6.45, 7) is 3.93. The van der Waals surface area contributed by atoms with E-state index in [1.165, 1.54) is 0 Å². The lowest BCUT2D eigenvalue weighted by atomic mass is 9.77. The van der Waals surface area contributed by atoms with E-state index < -0.39 is 11.5 Å². The number of benzene rings is 1. The molecule has 1 aromatic carbocycles. The van der Waals surface area contributed by atoms with E-state index in [0.29, 0.717) is 36.6 Å². The van der Waals surface area contributed by atoms with Crippen molar-refractivity contribution < 1.29 is 19.4 Å². The molecule has 10 heteroatoms. The third-order valence-corrected chi connectivity index (χ3v) is 7.29. The van der Waals surface area contributed by atoms with E-state index >= 15 is 0 Å². The molecule has 2 saturated heterocycles. The monoisotopic (exact) mass is 478 g/mol. The van der Waals surface area contributed by atoms with Gasteiger partial charge in [-0.2, -0.15) is 0 Å². The summed E-state index contributed by atoms with van der Waals surface area (Å²) < 4.78 is 6.08. The number of piperidine rings is 1. The summed E-state index contributed by atoms with van der Waals surface area (Å²) in [6.07, 6.45) is 8.72. The van der Waals surface area contributed by atoms with E-state index in [1.807, 2.05) is 19.1 Å². The Kier molecular flexibility index (Phi) is 5.84. The molecular weight excluding hydrogens is 448 g/mol. The Balaban J connectivity index is 1.45. The highest BCUT2D eigenvalue weighted by molar-refractivity contribution is 6.18. The van der Waals surface area contributed by atoms with Crippen molar-refractivity contribution >= 4 is 35.6 Å². The van der Waals surface area contributed by atoms with Crippen molar-refractivity contribution in [2.24, 2.45) is 10.4 Å². The molecule has 184 valence electrons. The van der Waals surface area contributed by atoms with Crippen LogP contribution < -0.4 is 25.6 Å². The molecule has 0 aromatic heterocycles. The minimum atomic E-state index is -0.709. The summed E-state index contributed by atoms with van der Waals surface area (Å²) in [5.41, 5.74) is 1.74. The number of aliphatic hydroxyl groups is 1. The average Bonchev–Trinajstić information content (AvgIpc) is 3.39. The highest BCUT2D eigenvalue weighted by atomic mass is 16.5. The van der Waals surface area contributed by atoms with Crippen LogP contribution >= 0.6 is 0 Å². The molecule has 5 N–H and O–H groups in total. The van der Waals surface area contributed by atoms with Gasteiger partial charge in [0.2, 0.25) is 5.91 Å². The van der Waals surface area contributed by atoms with E-state index in [9.17, 15) is 14.7 Å². The molecule has 1 spiro atoms. The fraction of sp³-hybridized carbons (Fsp3) is 0.440. The molecule has 0 aliphatic carbocycles. The molecule has 35 heavy (non-hydrogen) atoms. The summed E-state index contributed by atoms with van der Waals surface area (Å²) in [6, 6.07) is 3.83. The lowest BCUT2D eigenvalue weighted by Gasteiger charge is -2.40. The van der Waals surface area contributed by atoms with Crippen LogP contribution in [0.3, 0.4) is 0 Å². The van der Waals surface area contributed by atoms with Crippen LogP contribution in [0.2, 0.25) is 0 Å². The van der Waals surface area contributed by atoms with Crippen molar-refractivity contribution in [2.45, 2.75) is 38.2 Å². The summed E-state index contributed by atoms with van der Waals surface area (Å²) in [4.78, 5) is 31.4. The number of hydrogen-bond acceptors (Lipinski definition) is 8. The molecule has 0 unspecified atom stereocenters. The van der Waals surface area contributed by atoms with Crippen LogP contribution in [0.15, 0.2) is 40.8 Å². The van der Waals surface area contributed by atoms with E-state index in [1.54, 1.807) is 18.5 Å². The van der Waals surface area contributed by atoms with Crippen molar-refractivity contribution in [2.75, 3.05) is 36.5 Å². The molecule has 4 aliphatic rings. The van der Waals surface area contributed by atoms with Gasteiger partial charge in [-0.3, -0.25) is 9.59 Å². The van der Waals surface area contributed by atoms with Crippen LogP contribution in [0, 0.1) is 10.8 Å². The number of hydrogen-bond donors (Lipinski definition) is 5. The van der Waals surface area contributed by atoms with Gasteiger partial charge >= 0.3 is 0 Å². The lowest BCUT2D eigenvalue weighted by molar-refractivity contribution is -0.119. The van der Waals surface area contributed by atoms with Gasteiger partial charge in [-0.15, -0.1) is 0 Å². The van der Waals surface area contributed by atoms with Gasteiger partial charge in [-0.05, 0) is 37.3 Å². The first-order valence-electron chi connectivity index (χ1n) is 11.8. The predicted octanol–water partition coefficient (Wildman–Crippen LogP) is 1.47. The van der Waals surface area contributed by atoms with E-state index in [2.05, 4.69) is 25.8 Å². The SMILES string of the molecule is C[C@@]1(CO)Cc2cc(NC(=O)/C(C=N)=C3\N=CC=CN3)c(N3CCC4(CC3)CNC(=O)C4)cc2O1. The van der Waals surface area contributed by atoms with Crippen molar-refractivity contribution in [1.29, 1.82) is 5.41 Å². The minimum Gasteiger partial charge on any atom is -0.484 e. The van der Waals surface area contributed by atoms with Gasteiger partial charge in [0.1, 0.15) is 17.2 Å².